The van der Waals surface area contributed by atoms with E-state index in [-0.39, 0.29) is 5.38 Å². The maximum atomic E-state index is 6.22. The SMILES string of the molecule is CCc1ccc(C(Cl)CC)cc1CC. The first-order chi connectivity index (χ1) is 6.72. The summed E-state index contributed by atoms with van der Waals surface area (Å²) in [5.74, 6) is 0. The van der Waals surface area contributed by atoms with Crippen LogP contribution < -0.4 is 0 Å². The fourth-order valence-electron chi connectivity index (χ4n) is 1.75. The highest BCUT2D eigenvalue weighted by Crippen LogP contribution is 2.26. The van der Waals surface area contributed by atoms with Crippen LogP contribution in [0.3, 0.4) is 0 Å². The van der Waals surface area contributed by atoms with E-state index in [2.05, 4.69) is 39.0 Å². The molecule has 0 aliphatic rings. The first-order valence-electron chi connectivity index (χ1n) is 5.48. The van der Waals surface area contributed by atoms with Gasteiger partial charge in [-0.2, -0.15) is 0 Å². The molecule has 1 heteroatoms. The van der Waals surface area contributed by atoms with Crippen molar-refractivity contribution in [3.8, 4) is 0 Å². The Labute approximate surface area is 92.3 Å². The van der Waals surface area contributed by atoms with Crippen molar-refractivity contribution in [2.75, 3.05) is 0 Å². The van der Waals surface area contributed by atoms with Gasteiger partial charge in [-0.3, -0.25) is 0 Å². The first-order valence-corrected chi connectivity index (χ1v) is 5.92. The summed E-state index contributed by atoms with van der Waals surface area (Å²) in [4.78, 5) is 0. The van der Waals surface area contributed by atoms with Gasteiger partial charge in [0, 0.05) is 0 Å². The van der Waals surface area contributed by atoms with Gasteiger partial charge < -0.3 is 0 Å². The highest BCUT2D eigenvalue weighted by molar-refractivity contribution is 6.20. The molecule has 1 rings (SSSR count). The van der Waals surface area contributed by atoms with Crippen molar-refractivity contribution in [3.63, 3.8) is 0 Å². The monoisotopic (exact) mass is 210 g/mol. The minimum absolute atomic E-state index is 0.172. The van der Waals surface area contributed by atoms with Crippen LogP contribution in [0.1, 0.15) is 49.3 Å². The van der Waals surface area contributed by atoms with Crippen molar-refractivity contribution in [2.45, 2.75) is 45.4 Å². The van der Waals surface area contributed by atoms with E-state index in [0.29, 0.717) is 0 Å². The third-order valence-corrected chi connectivity index (χ3v) is 3.27. The molecule has 1 unspecified atom stereocenters. The Kier molecular flexibility index (Phi) is 4.47. The average molecular weight is 211 g/mol. The first kappa shape index (κ1) is 11.6. The summed E-state index contributed by atoms with van der Waals surface area (Å²) >= 11 is 6.22. The highest BCUT2D eigenvalue weighted by atomic mass is 35.5. The van der Waals surface area contributed by atoms with Crippen molar-refractivity contribution in [1.82, 2.24) is 0 Å². The Bertz CT molecular complexity index is 291. The Morgan fingerprint density at radius 3 is 2.21 bits per heavy atom. The smallest absolute Gasteiger partial charge is 0.0582 e. The fourth-order valence-corrected chi connectivity index (χ4v) is 1.89. The van der Waals surface area contributed by atoms with Crippen molar-refractivity contribution >= 4 is 11.6 Å². The Morgan fingerprint density at radius 2 is 1.71 bits per heavy atom. The summed E-state index contributed by atoms with van der Waals surface area (Å²) < 4.78 is 0. The molecule has 0 radical (unpaired) electrons. The molecule has 0 aromatic heterocycles. The van der Waals surface area contributed by atoms with E-state index in [0.717, 1.165) is 19.3 Å². The fraction of sp³-hybridized carbons (Fsp3) is 0.538. The number of hydrogen-bond donors (Lipinski definition) is 0. The quantitative estimate of drug-likeness (QED) is 0.642. The van der Waals surface area contributed by atoms with Gasteiger partial charge in [-0.15, -0.1) is 11.6 Å². The number of aryl methyl sites for hydroxylation is 2. The van der Waals surface area contributed by atoms with Gasteiger partial charge in [-0.1, -0.05) is 39.0 Å². The standard InChI is InChI=1S/C13H19Cl/c1-4-10-7-8-12(13(14)6-3)9-11(10)5-2/h7-9,13H,4-6H2,1-3H3. The Hall–Kier alpha value is -0.490. The zero-order valence-corrected chi connectivity index (χ0v) is 10.1. The van der Waals surface area contributed by atoms with Crippen molar-refractivity contribution in [1.29, 1.82) is 0 Å². The third-order valence-electron chi connectivity index (χ3n) is 2.71. The topological polar surface area (TPSA) is 0 Å². The van der Waals surface area contributed by atoms with Crippen LogP contribution in [-0.2, 0) is 12.8 Å². The molecule has 1 atom stereocenters. The zero-order valence-electron chi connectivity index (χ0n) is 9.31. The molecule has 0 fully saturated rings. The van der Waals surface area contributed by atoms with Crippen LogP contribution in [0.4, 0.5) is 0 Å². The van der Waals surface area contributed by atoms with Crippen molar-refractivity contribution in [2.24, 2.45) is 0 Å². The van der Waals surface area contributed by atoms with E-state index in [1.54, 1.807) is 0 Å². The molecule has 1 aromatic carbocycles. The summed E-state index contributed by atoms with van der Waals surface area (Å²) in [5, 5.41) is 0.172. The third kappa shape index (κ3) is 2.51. The van der Waals surface area contributed by atoms with E-state index in [1.165, 1.54) is 16.7 Å². The van der Waals surface area contributed by atoms with Crippen LogP contribution >= 0.6 is 11.6 Å². The van der Waals surface area contributed by atoms with Gasteiger partial charge in [-0.05, 0) is 36.0 Å². The molecule has 0 amide bonds. The number of hydrogen-bond acceptors (Lipinski definition) is 0. The number of benzene rings is 1. The average Bonchev–Trinajstić information content (AvgIpc) is 2.26. The van der Waals surface area contributed by atoms with Crippen LogP contribution in [0, 0.1) is 0 Å². The summed E-state index contributed by atoms with van der Waals surface area (Å²) in [6.07, 6.45) is 3.21. The second-order valence-electron chi connectivity index (χ2n) is 3.61. The van der Waals surface area contributed by atoms with Gasteiger partial charge >= 0.3 is 0 Å². The molecule has 0 saturated carbocycles. The second-order valence-corrected chi connectivity index (χ2v) is 4.14. The minimum Gasteiger partial charge on any atom is -0.118 e. The molecular formula is C13H19Cl. The number of alkyl halides is 1. The maximum Gasteiger partial charge on any atom is 0.0582 e. The van der Waals surface area contributed by atoms with Gasteiger partial charge in [0.25, 0.3) is 0 Å². The molecule has 1 aromatic rings. The molecule has 0 aliphatic carbocycles. The summed E-state index contributed by atoms with van der Waals surface area (Å²) in [6, 6.07) is 6.65. The van der Waals surface area contributed by atoms with Crippen LogP contribution in [0.15, 0.2) is 18.2 Å². The van der Waals surface area contributed by atoms with E-state index >= 15 is 0 Å². The zero-order chi connectivity index (χ0) is 10.6. The lowest BCUT2D eigenvalue weighted by Crippen LogP contribution is -1.95. The van der Waals surface area contributed by atoms with Gasteiger partial charge in [0.2, 0.25) is 0 Å². The van der Waals surface area contributed by atoms with Crippen LogP contribution in [-0.4, -0.2) is 0 Å². The lowest BCUT2D eigenvalue weighted by Gasteiger charge is -2.11. The largest absolute Gasteiger partial charge is 0.118 e. The predicted octanol–water partition coefficient (Wildman–Crippen LogP) is 4.50. The molecular weight excluding hydrogens is 192 g/mol. The predicted molar refractivity (Wildman–Crippen MR) is 64.1 cm³/mol. The van der Waals surface area contributed by atoms with Crippen LogP contribution in [0.2, 0.25) is 0 Å². The Balaban J connectivity index is 3.01. The molecule has 0 bridgehead atoms. The molecule has 0 aliphatic heterocycles. The Morgan fingerprint density at radius 1 is 1.07 bits per heavy atom. The van der Waals surface area contributed by atoms with Crippen LogP contribution in [0.25, 0.3) is 0 Å². The highest BCUT2D eigenvalue weighted by Gasteiger charge is 2.07. The number of rotatable bonds is 4. The molecule has 0 saturated heterocycles. The van der Waals surface area contributed by atoms with E-state index < -0.39 is 0 Å². The molecule has 0 N–H and O–H groups in total. The summed E-state index contributed by atoms with van der Waals surface area (Å²) in [7, 11) is 0. The summed E-state index contributed by atoms with van der Waals surface area (Å²) in [5.41, 5.74) is 4.17. The van der Waals surface area contributed by atoms with E-state index in [4.69, 9.17) is 11.6 Å². The van der Waals surface area contributed by atoms with Gasteiger partial charge in [0.1, 0.15) is 0 Å². The molecule has 0 nitrogen and oxygen atoms in total. The van der Waals surface area contributed by atoms with E-state index in [1.807, 2.05) is 0 Å². The van der Waals surface area contributed by atoms with Crippen molar-refractivity contribution in [3.05, 3.63) is 34.9 Å². The second kappa shape index (κ2) is 5.41. The maximum absolute atomic E-state index is 6.22. The minimum atomic E-state index is 0.172. The lowest BCUT2D eigenvalue weighted by molar-refractivity contribution is 0.876. The van der Waals surface area contributed by atoms with E-state index in [9.17, 15) is 0 Å². The summed E-state index contributed by atoms with van der Waals surface area (Å²) in [6.45, 7) is 6.52. The normalized spacial score (nSPS) is 12.9. The molecule has 14 heavy (non-hydrogen) atoms. The van der Waals surface area contributed by atoms with Crippen molar-refractivity contribution < 1.29 is 0 Å². The lowest BCUT2D eigenvalue weighted by atomic mass is 9.98. The molecule has 78 valence electrons. The number of halogens is 1. The van der Waals surface area contributed by atoms with Gasteiger partial charge in [0.15, 0.2) is 0 Å². The van der Waals surface area contributed by atoms with Crippen LogP contribution in [0.5, 0.6) is 0 Å². The molecule has 0 heterocycles. The molecule has 0 spiro atoms. The van der Waals surface area contributed by atoms with Gasteiger partial charge in [0.05, 0.1) is 5.38 Å². The van der Waals surface area contributed by atoms with Gasteiger partial charge in [-0.25, -0.2) is 0 Å².